The van der Waals surface area contributed by atoms with Crippen molar-refractivity contribution in [2.45, 2.75) is 11.6 Å². The van der Waals surface area contributed by atoms with E-state index in [4.69, 9.17) is 23.8 Å². The Kier molecular flexibility index (Phi) is 5.75. The number of aromatic nitrogens is 2. The Morgan fingerprint density at radius 3 is 2.58 bits per heavy atom. The summed E-state index contributed by atoms with van der Waals surface area (Å²) in [5.41, 5.74) is 1.71. The predicted octanol–water partition coefficient (Wildman–Crippen LogP) is 3.05. The van der Waals surface area contributed by atoms with E-state index >= 15 is 0 Å². The van der Waals surface area contributed by atoms with Gasteiger partial charge >= 0.3 is 0 Å². The first-order valence-electron chi connectivity index (χ1n) is 7.06. The van der Waals surface area contributed by atoms with Crippen LogP contribution >= 0.6 is 51.1 Å². The standard InChI is InChI=1S/C13H14BrClN4O2S3/c14-10-1-2-12(11(15)7-10)24(20,21)18-5-3-17(4-6-18)9-19-13(22)23-8-16-19/h1-2,7-8H,3-6,9H2. The summed E-state index contributed by atoms with van der Waals surface area (Å²) in [4.78, 5) is 2.27. The summed E-state index contributed by atoms with van der Waals surface area (Å²) in [6, 6.07) is 4.80. The number of nitrogens with zero attached hydrogens (tertiary/aromatic N) is 4. The normalized spacial score (nSPS) is 17.2. The highest BCUT2D eigenvalue weighted by atomic mass is 79.9. The quantitative estimate of drug-likeness (QED) is 0.644. The first kappa shape index (κ1) is 18.4. The second-order valence-electron chi connectivity index (χ2n) is 5.24. The number of piperazine rings is 1. The van der Waals surface area contributed by atoms with Crippen LogP contribution in [-0.4, -0.2) is 53.6 Å². The fourth-order valence-electron chi connectivity index (χ4n) is 2.45. The summed E-state index contributed by atoms with van der Waals surface area (Å²) in [5.74, 6) is 0. The van der Waals surface area contributed by atoms with Crippen LogP contribution in [0.4, 0.5) is 0 Å². The number of hydrogen-bond donors (Lipinski definition) is 0. The van der Waals surface area contributed by atoms with Gasteiger partial charge in [0.1, 0.15) is 10.4 Å². The van der Waals surface area contributed by atoms with Gasteiger partial charge in [0, 0.05) is 30.7 Å². The topological polar surface area (TPSA) is 58.4 Å². The summed E-state index contributed by atoms with van der Waals surface area (Å²) >= 11 is 16.0. The molecule has 0 aliphatic carbocycles. The van der Waals surface area contributed by atoms with Crippen LogP contribution in [-0.2, 0) is 16.7 Å². The molecule has 0 saturated carbocycles. The van der Waals surface area contributed by atoms with E-state index in [0.29, 0.717) is 36.8 Å². The molecule has 1 aliphatic rings. The lowest BCUT2D eigenvalue weighted by Gasteiger charge is -2.33. The van der Waals surface area contributed by atoms with E-state index in [1.807, 2.05) is 0 Å². The Hall–Kier alpha value is -0.360. The van der Waals surface area contributed by atoms with Crippen molar-refractivity contribution in [3.8, 4) is 0 Å². The van der Waals surface area contributed by atoms with Crippen LogP contribution in [0.5, 0.6) is 0 Å². The van der Waals surface area contributed by atoms with Gasteiger partial charge in [-0.15, -0.1) is 0 Å². The van der Waals surface area contributed by atoms with E-state index in [2.05, 4.69) is 25.9 Å². The Morgan fingerprint density at radius 2 is 2.00 bits per heavy atom. The molecular formula is C13H14BrClN4O2S3. The lowest BCUT2D eigenvalue weighted by Crippen LogP contribution is -2.48. The van der Waals surface area contributed by atoms with Crippen LogP contribution in [0, 0.1) is 3.95 Å². The van der Waals surface area contributed by atoms with E-state index in [9.17, 15) is 8.42 Å². The second kappa shape index (κ2) is 7.48. The highest BCUT2D eigenvalue weighted by molar-refractivity contribution is 9.10. The average Bonchev–Trinajstić information content (AvgIpc) is 2.92. The zero-order valence-corrected chi connectivity index (χ0v) is 17.2. The molecule has 11 heteroatoms. The van der Waals surface area contributed by atoms with Crippen molar-refractivity contribution in [1.82, 2.24) is 19.0 Å². The lowest BCUT2D eigenvalue weighted by molar-refractivity contribution is 0.145. The molecule has 6 nitrogen and oxygen atoms in total. The molecule has 130 valence electrons. The summed E-state index contributed by atoms with van der Waals surface area (Å²) < 4.78 is 30.2. The van der Waals surface area contributed by atoms with Gasteiger partial charge in [-0.2, -0.15) is 9.40 Å². The van der Waals surface area contributed by atoms with Gasteiger partial charge in [-0.25, -0.2) is 13.1 Å². The van der Waals surface area contributed by atoms with Gasteiger partial charge in [0.25, 0.3) is 0 Å². The third-order valence-corrected chi connectivity index (χ3v) is 7.71. The van der Waals surface area contributed by atoms with Crippen molar-refractivity contribution in [2.75, 3.05) is 26.2 Å². The molecule has 2 heterocycles. The molecule has 24 heavy (non-hydrogen) atoms. The molecule has 0 spiro atoms. The van der Waals surface area contributed by atoms with Crippen LogP contribution in [0.2, 0.25) is 5.02 Å². The fraction of sp³-hybridized carbons (Fsp3) is 0.385. The number of benzene rings is 1. The summed E-state index contributed by atoms with van der Waals surface area (Å²) in [6.45, 7) is 2.63. The predicted molar refractivity (Wildman–Crippen MR) is 100 cm³/mol. The molecule has 0 amide bonds. The zero-order valence-electron chi connectivity index (χ0n) is 12.4. The Morgan fingerprint density at radius 1 is 1.29 bits per heavy atom. The van der Waals surface area contributed by atoms with Crippen molar-refractivity contribution in [3.63, 3.8) is 0 Å². The first-order valence-corrected chi connectivity index (χ1v) is 11.0. The molecule has 0 N–H and O–H groups in total. The number of halogens is 2. The lowest BCUT2D eigenvalue weighted by atomic mass is 10.4. The Balaban J connectivity index is 1.69. The molecule has 1 aliphatic heterocycles. The third-order valence-electron chi connectivity index (χ3n) is 3.73. The van der Waals surface area contributed by atoms with Crippen LogP contribution in [0.3, 0.4) is 0 Å². The van der Waals surface area contributed by atoms with Crippen LogP contribution < -0.4 is 0 Å². The SMILES string of the molecule is O=S(=O)(c1ccc(Br)cc1Cl)N1CCN(Cn2ncsc2=S)CC1. The number of sulfonamides is 1. The van der Waals surface area contributed by atoms with Gasteiger partial charge < -0.3 is 0 Å². The van der Waals surface area contributed by atoms with Crippen molar-refractivity contribution < 1.29 is 8.42 Å². The van der Waals surface area contributed by atoms with E-state index in [0.717, 1.165) is 4.47 Å². The van der Waals surface area contributed by atoms with Crippen molar-refractivity contribution in [2.24, 2.45) is 0 Å². The van der Waals surface area contributed by atoms with Crippen molar-refractivity contribution in [1.29, 1.82) is 0 Å². The van der Waals surface area contributed by atoms with Gasteiger partial charge in [-0.1, -0.05) is 38.9 Å². The van der Waals surface area contributed by atoms with E-state index in [-0.39, 0.29) is 9.92 Å². The molecule has 1 aromatic carbocycles. The molecule has 1 aromatic heterocycles. The highest BCUT2D eigenvalue weighted by Crippen LogP contribution is 2.28. The maximum Gasteiger partial charge on any atom is 0.244 e. The largest absolute Gasteiger partial charge is 0.282 e. The summed E-state index contributed by atoms with van der Waals surface area (Å²) in [6.07, 6.45) is 0. The minimum atomic E-state index is -3.59. The Bertz CT molecular complexity index is 891. The van der Waals surface area contributed by atoms with Crippen molar-refractivity contribution >= 4 is 61.1 Å². The molecule has 1 saturated heterocycles. The average molecular weight is 470 g/mol. The third kappa shape index (κ3) is 3.90. The van der Waals surface area contributed by atoms with Gasteiger partial charge in [0.05, 0.1) is 11.7 Å². The minimum Gasteiger partial charge on any atom is -0.282 e. The van der Waals surface area contributed by atoms with Gasteiger partial charge in [0.15, 0.2) is 3.95 Å². The highest BCUT2D eigenvalue weighted by Gasteiger charge is 2.30. The molecular weight excluding hydrogens is 456 g/mol. The molecule has 3 rings (SSSR count). The Labute approximate surface area is 162 Å². The van der Waals surface area contributed by atoms with Gasteiger partial charge in [-0.05, 0) is 30.4 Å². The summed E-state index contributed by atoms with van der Waals surface area (Å²) in [7, 11) is -3.59. The molecule has 0 radical (unpaired) electrons. The molecule has 0 bridgehead atoms. The summed E-state index contributed by atoms with van der Waals surface area (Å²) in [5, 5.41) is 4.40. The maximum atomic E-state index is 12.8. The monoisotopic (exact) mass is 468 g/mol. The smallest absolute Gasteiger partial charge is 0.244 e. The molecule has 1 fully saturated rings. The molecule has 2 aromatic rings. The zero-order chi connectivity index (χ0) is 17.3. The van der Waals surface area contributed by atoms with E-state index < -0.39 is 10.0 Å². The number of hydrogen-bond acceptors (Lipinski definition) is 6. The fourth-order valence-corrected chi connectivity index (χ4v) is 5.60. The van der Waals surface area contributed by atoms with E-state index in [1.54, 1.807) is 22.3 Å². The number of rotatable bonds is 4. The van der Waals surface area contributed by atoms with Crippen LogP contribution in [0.1, 0.15) is 0 Å². The van der Waals surface area contributed by atoms with Crippen molar-refractivity contribution in [3.05, 3.63) is 37.2 Å². The van der Waals surface area contributed by atoms with Crippen LogP contribution in [0.15, 0.2) is 33.1 Å². The van der Waals surface area contributed by atoms with Gasteiger partial charge in [0.2, 0.25) is 10.0 Å². The minimum absolute atomic E-state index is 0.141. The molecule has 0 unspecified atom stereocenters. The molecule has 0 atom stereocenters. The first-order chi connectivity index (χ1) is 11.4. The van der Waals surface area contributed by atoms with E-state index in [1.165, 1.54) is 21.7 Å². The maximum absolute atomic E-state index is 12.8. The van der Waals surface area contributed by atoms with Gasteiger partial charge in [-0.3, -0.25) is 4.90 Å². The van der Waals surface area contributed by atoms with Crippen LogP contribution in [0.25, 0.3) is 0 Å². The second-order valence-corrected chi connectivity index (χ2v) is 9.95.